The van der Waals surface area contributed by atoms with E-state index in [1.54, 1.807) is 6.07 Å². The van der Waals surface area contributed by atoms with Crippen molar-refractivity contribution in [1.29, 1.82) is 0 Å². The van der Waals surface area contributed by atoms with Gasteiger partial charge in [0.2, 0.25) is 0 Å². The van der Waals surface area contributed by atoms with E-state index in [1.165, 1.54) is 6.07 Å². The number of unbranched alkanes of at least 4 members (excludes halogenated alkanes) is 1. The molecule has 2 nitrogen and oxygen atoms in total. The molecule has 3 heteroatoms. The Kier molecular flexibility index (Phi) is 4.21. The molecule has 0 amide bonds. The van der Waals surface area contributed by atoms with E-state index in [-0.39, 0.29) is 5.82 Å². The summed E-state index contributed by atoms with van der Waals surface area (Å²) < 4.78 is 12.7. The molecule has 0 spiro atoms. The Balaban J connectivity index is 2.85. The number of pyridine rings is 1. The fraction of sp³-hybridized carbons (Fsp3) is 0.583. The zero-order chi connectivity index (χ0) is 11.3. The average molecular weight is 211 g/mol. The molecule has 84 valence electrons. The Morgan fingerprint density at radius 2 is 2.13 bits per heavy atom. The van der Waals surface area contributed by atoms with Crippen molar-refractivity contribution in [2.45, 2.75) is 45.1 Å². The molecule has 0 bridgehead atoms. The van der Waals surface area contributed by atoms with Crippen LogP contribution < -0.4 is 0 Å². The van der Waals surface area contributed by atoms with E-state index >= 15 is 0 Å². The highest BCUT2D eigenvalue weighted by Crippen LogP contribution is 2.28. The first kappa shape index (κ1) is 12.1. The second kappa shape index (κ2) is 5.21. The Morgan fingerprint density at radius 3 is 2.60 bits per heavy atom. The van der Waals surface area contributed by atoms with Crippen LogP contribution in [0.1, 0.15) is 45.2 Å². The van der Waals surface area contributed by atoms with Gasteiger partial charge in [-0.25, -0.2) is 4.39 Å². The van der Waals surface area contributed by atoms with Crippen LogP contribution in [-0.4, -0.2) is 10.1 Å². The summed E-state index contributed by atoms with van der Waals surface area (Å²) in [6, 6.07) is 2.91. The Hall–Kier alpha value is -0.960. The molecule has 0 aliphatic carbocycles. The van der Waals surface area contributed by atoms with E-state index in [0.29, 0.717) is 18.5 Å². The molecule has 1 N–H and O–H groups in total. The Morgan fingerprint density at radius 1 is 1.40 bits per heavy atom. The normalized spacial score (nSPS) is 14.9. The number of hydrogen-bond donors (Lipinski definition) is 1. The third-order valence-corrected chi connectivity index (χ3v) is 2.73. The molecule has 0 aliphatic heterocycles. The Bertz CT molecular complexity index is 299. The fourth-order valence-corrected chi connectivity index (χ4v) is 1.61. The quantitative estimate of drug-likeness (QED) is 0.812. The van der Waals surface area contributed by atoms with Crippen molar-refractivity contribution in [3.05, 3.63) is 29.8 Å². The van der Waals surface area contributed by atoms with Crippen LogP contribution in [0.3, 0.4) is 0 Å². The molecule has 1 atom stereocenters. The van der Waals surface area contributed by atoms with E-state index in [0.717, 1.165) is 19.0 Å². The van der Waals surface area contributed by atoms with Gasteiger partial charge in [-0.15, -0.1) is 0 Å². The molecule has 0 saturated heterocycles. The van der Waals surface area contributed by atoms with Crippen molar-refractivity contribution < 1.29 is 9.50 Å². The van der Waals surface area contributed by atoms with Crippen LogP contribution in [0.4, 0.5) is 4.39 Å². The predicted molar refractivity (Wildman–Crippen MR) is 57.9 cm³/mol. The van der Waals surface area contributed by atoms with Gasteiger partial charge in [0, 0.05) is 0 Å². The van der Waals surface area contributed by atoms with Crippen LogP contribution in [0.2, 0.25) is 0 Å². The van der Waals surface area contributed by atoms with E-state index < -0.39 is 5.60 Å². The van der Waals surface area contributed by atoms with Gasteiger partial charge in [-0.2, -0.15) is 0 Å². The van der Waals surface area contributed by atoms with Crippen LogP contribution in [-0.2, 0) is 5.60 Å². The number of rotatable bonds is 5. The zero-order valence-corrected chi connectivity index (χ0v) is 9.33. The molecule has 0 aliphatic rings. The third kappa shape index (κ3) is 2.99. The first-order chi connectivity index (χ1) is 7.12. The minimum atomic E-state index is -0.899. The molecule has 0 fully saturated rings. The summed E-state index contributed by atoms with van der Waals surface area (Å²) in [7, 11) is 0. The number of aliphatic hydroxyl groups is 1. The van der Waals surface area contributed by atoms with Gasteiger partial charge in [0.1, 0.15) is 11.4 Å². The van der Waals surface area contributed by atoms with Gasteiger partial charge in [0.15, 0.2) is 0 Å². The fourth-order valence-electron chi connectivity index (χ4n) is 1.61. The molecule has 1 aromatic rings. The van der Waals surface area contributed by atoms with E-state index in [2.05, 4.69) is 11.9 Å². The minimum absolute atomic E-state index is 0.368. The highest BCUT2D eigenvalue weighted by Gasteiger charge is 2.27. The SMILES string of the molecule is CCCCC(O)(CC)c1ccc(F)cn1. The van der Waals surface area contributed by atoms with Crippen LogP contribution in [0.25, 0.3) is 0 Å². The lowest BCUT2D eigenvalue weighted by Crippen LogP contribution is -2.25. The summed E-state index contributed by atoms with van der Waals surface area (Å²) in [6.07, 6.45) is 4.42. The van der Waals surface area contributed by atoms with Gasteiger partial charge >= 0.3 is 0 Å². The maximum Gasteiger partial charge on any atom is 0.141 e. The van der Waals surface area contributed by atoms with Gasteiger partial charge in [0.25, 0.3) is 0 Å². The molecular formula is C12H18FNO. The third-order valence-electron chi connectivity index (χ3n) is 2.73. The van der Waals surface area contributed by atoms with Crippen molar-refractivity contribution in [3.8, 4) is 0 Å². The van der Waals surface area contributed by atoms with Crippen LogP contribution in [0, 0.1) is 5.82 Å². The van der Waals surface area contributed by atoms with E-state index in [1.807, 2.05) is 6.92 Å². The second-order valence-corrected chi connectivity index (χ2v) is 3.85. The number of halogens is 1. The van der Waals surface area contributed by atoms with Gasteiger partial charge < -0.3 is 5.11 Å². The van der Waals surface area contributed by atoms with E-state index in [9.17, 15) is 9.50 Å². The van der Waals surface area contributed by atoms with Crippen molar-refractivity contribution in [1.82, 2.24) is 4.98 Å². The lowest BCUT2D eigenvalue weighted by molar-refractivity contribution is 0.0168. The summed E-state index contributed by atoms with van der Waals surface area (Å²) in [5.41, 5.74) is -0.330. The minimum Gasteiger partial charge on any atom is -0.384 e. The summed E-state index contributed by atoms with van der Waals surface area (Å²) in [5, 5.41) is 10.3. The summed E-state index contributed by atoms with van der Waals surface area (Å²) >= 11 is 0. The summed E-state index contributed by atoms with van der Waals surface area (Å²) in [6.45, 7) is 3.99. The standard InChI is InChI=1S/C12H18FNO/c1-3-5-8-12(15,4-2)11-7-6-10(13)9-14-11/h6-7,9,15H,3-5,8H2,1-2H3. The number of aromatic nitrogens is 1. The van der Waals surface area contributed by atoms with Gasteiger partial charge in [-0.3, -0.25) is 4.98 Å². The number of nitrogens with zero attached hydrogens (tertiary/aromatic N) is 1. The van der Waals surface area contributed by atoms with Crippen molar-refractivity contribution in [2.75, 3.05) is 0 Å². The average Bonchev–Trinajstić information content (AvgIpc) is 2.27. The van der Waals surface area contributed by atoms with E-state index in [4.69, 9.17) is 0 Å². The maximum absolute atomic E-state index is 12.7. The van der Waals surface area contributed by atoms with Crippen LogP contribution >= 0.6 is 0 Å². The van der Waals surface area contributed by atoms with Crippen molar-refractivity contribution in [3.63, 3.8) is 0 Å². The van der Waals surface area contributed by atoms with Gasteiger partial charge in [0.05, 0.1) is 11.9 Å². The molecular weight excluding hydrogens is 193 g/mol. The molecule has 1 aromatic heterocycles. The predicted octanol–water partition coefficient (Wildman–Crippen LogP) is 3.01. The van der Waals surface area contributed by atoms with Crippen molar-refractivity contribution >= 4 is 0 Å². The molecule has 15 heavy (non-hydrogen) atoms. The Labute approximate surface area is 90.2 Å². The maximum atomic E-state index is 12.7. The molecule has 1 unspecified atom stereocenters. The van der Waals surface area contributed by atoms with Crippen LogP contribution in [0.5, 0.6) is 0 Å². The van der Waals surface area contributed by atoms with Gasteiger partial charge in [-0.05, 0) is 25.0 Å². The molecule has 1 heterocycles. The van der Waals surface area contributed by atoms with Crippen LogP contribution in [0.15, 0.2) is 18.3 Å². The highest BCUT2D eigenvalue weighted by atomic mass is 19.1. The highest BCUT2D eigenvalue weighted by molar-refractivity contribution is 5.13. The van der Waals surface area contributed by atoms with Gasteiger partial charge in [-0.1, -0.05) is 26.7 Å². The molecule has 1 rings (SSSR count). The lowest BCUT2D eigenvalue weighted by Gasteiger charge is -2.25. The first-order valence-electron chi connectivity index (χ1n) is 5.47. The molecule has 0 saturated carbocycles. The largest absolute Gasteiger partial charge is 0.384 e. The second-order valence-electron chi connectivity index (χ2n) is 3.85. The summed E-state index contributed by atoms with van der Waals surface area (Å²) in [5.74, 6) is -0.368. The summed E-state index contributed by atoms with van der Waals surface area (Å²) in [4.78, 5) is 3.95. The monoisotopic (exact) mass is 211 g/mol. The van der Waals surface area contributed by atoms with Crippen molar-refractivity contribution in [2.24, 2.45) is 0 Å². The number of hydrogen-bond acceptors (Lipinski definition) is 2. The lowest BCUT2D eigenvalue weighted by atomic mass is 9.90. The smallest absolute Gasteiger partial charge is 0.141 e. The molecule has 0 radical (unpaired) electrons. The zero-order valence-electron chi connectivity index (χ0n) is 9.33. The molecule has 0 aromatic carbocycles. The first-order valence-corrected chi connectivity index (χ1v) is 5.47. The topological polar surface area (TPSA) is 33.1 Å².